The summed E-state index contributed by atoms with van der Waals surface area (Å²) in [5.74, 6) is 1.76. The first-order chi connectivity index (χ1) is 13.6. The van der Waals surface area contributed by atoms with E-state index < -0.39 is 0 Å². The molecule has 0 saturated carbocycles. The molecule has 0 radical (unpaired) electrons. The van der Waals surface area contributed by atoms with E-state index in [2.05, 4.69) is 10.1 Å². The van der Waals surface area contributed by atoms with Crippen LogP contribution in [-0.4, -0.2) is 41.1 Å². The summed E-state index contributed by atoms with van der Waals surface area (Å²) in [5, 5.41) is 4.79. The predicted octanol–water partition coefficient (Wildman–Crippen LogP) is 3.96. The topological polar surface area (TPSA) is 68.5 Å². The lowest BCUT2D eigenvalue weighted by molar-refractivity contribution is -0.127. The van der Waals surface area contributed by atoms with Gasteiger partial charge in [0.2, 0.25) is 17.6 Å². The molecule has 1 aliphatic rings. The van der Waals surface area contributed by atoms with Crippen molar-refractivity contribution in [1.82, 2.24) is 15.0 Å². The van der Waals surface area contributed by atoms with Gasteiger partial charge in [-0.25, -0.2) is 0 Å². The first-order valence-corrected chi connectivity index (χ1v) is 9.50. The molecule has 7 heteroatoms. The summed E-state index contributed by atoms with van der Waals surface area (Å²) in [5.41, 5.74) is 1.97. The maximum Gasteiger partial charge on any atom is 0.232 e. The highest BCUT2D eigenvalue weighted by Gasteiger charge is 2.34. The average Bonchev–Trinajstić information content (AvgIpc) is 3.35. The van der Waals surface area contributed by atoms with Crippen molar-refractivity contribution in [2.24, 2.45) is 0 Å². The van der Waals surface area contributed by atoms with Crippen LogP contribution in [0.4, 0.5) is 0 Å². The van der Waals surface area contributed by atoms with Crippen molar-refractivity contribution >= 4 is 17.5 Å². The van der Waals surface area contributed by atoms with Crippen molar-refractivity contribution in [3.05, 3.63) is 65.0 Å². The number of nitrogens with zero attached hydrogens (tertiary/aromatic N) is 3. The molecule has 1 aromatic heterocycles. The minimum Gasteiger partial charge on any atom is -0.497 e. The Morgan fingerprint density at radius 1 is 1.25 bits per heavy atom. The van der Waals surface area contributed by atoms with E-state index in [1.165, 1.54) is 0 Å². The third-order valence-electron chi connectivity index (χ3n) is 4.92. The Morgan fingerprint density at radius 3 is 2.86 bits per heavy atom. The fraction of sp³-hybridized carbons (Fsp3) is 0.286. The zero-order valence-electron chi connectivity index (χ0n) is 15.5. The van der Waals surface area contributed by atoms with Gasteiger partial charge in [-0.2, -0.15) is 4.98 Å². The van der Waals surface area contributed by atoms with Crippen molar-refractivity contribution in [3.63, 3.8) is 0 Å². The first kappa shape index (κ1) is 18.5. The Kier molecular flexibility index (Phi) is 5.30. The van der Waals surface area contributed by atoms with Gasteiger partial charge in [-0.3, -0.25) is 4.79 Å². The van der Waals surface area contributed by atoms with Crippen LogP contribution in [-0.2, 0) is 11.2 Å². The van der Waals surface area contributed by atoms with Crippen LogP contribution in [0.15, 0.2) is 53.1 Å². The van der Waals surface area contributed by atoms with Crippen LogP contribution in [0.1, 0.15) is 23.8 Å². The van der Waals surface area contributed by atoms with Gasteiger partial charge in [0.05, 0.1) is 13.0 Å². The number of methoxy groups -OCH3 is 1. The number of aromatic nitrogens is 2. The highest BCUT2D eigenvalue weighted by atomic mass is 35.5. The summed E-state index contributed by atoms with van der Waals surface area (Å²) in [6, 6.07) is 15.2. The number of benzene rings is 2. The second-order valence-electron chi connectivity index (χ2n) is 6.81. The fourth-order valence-corrected chi connectivity index (χ4v) is 3.48. The smallest absolute Gasteiger partial charge is 0.232 e. The zero-order chi connectivity index (χ0) is 19.5. The Bertz CT molecular complexity index is 971. The molecule has 1 fully saturated rings. The zero-order valence-corrected chi connectivity index (χ0v) is 16.2. The molecule has 0 aliphatic carbocycles. The number of halogens is 1. The molecule has 4 rings (SSSR count). The molecule has 1 saturated heterocycles. The maximum atomic E-state index is 12.4. The quantitative estimate of drug-likeness (QED) is 0.629. The molecule has 6 nitrogen and oxygen atoms in total. The van der Waals surface area contributed by atoms with Crippen molar-refractivity contribution in [1.29, 1.82) is 0 Å². The van der Waals surface area contributed by atoms with Crippen LogP contribution in [0.2, 0.25) is 5.02 Å². The maximum absolute atomic E-state index is 12.4. The molecule has 0 spiro atoms. The van der Waals surface area contributed by atoms with Crippen LogP contribution in [0.5, 0.6) is 5.75 Å². The van der Waals surface area contributed by atoms with Gasteiger partial charge < -0.3 is 14.2 Å². The molecule has 3 aromatic rings. The minimum absolute atomic E-state index is 0.0791. The minimum atomic E-state index is -0.0791. The van der Waals surface area contributed by atoms with Gasteiger partial charge in [-0.1, -0.05) is 41.0 Å². The van der Waals surface area contributed by atoms with E-state index in [4.69, 9.17) is 20.9 Å². The third kappa shape index (κ3) is 4.02. The van der Waals surface area contributed by atoms with Gasteiger partial charge in [0.1, 0.15) is 5.75 Å². The molecule has 1 amide bonds. The monoisotopic (exact) mass is 397 g/mol. The second-order valence-corrected chi connectivity index (χ2v) is 7.24. The largest absolute Gasteiger partial charge is 0.497 e. The highest BCUT2D eigenvalue weighted by molar-refractivity contribution is 6.30. The van der Waals surface area contributed by atoms with E-state index in [-0.39, 0.29) is 11.8 Å². The summed E-state index contributed by atoms with van der Waals surface area (Å²) < 4.78 is 10.7. The van der Waals surface area contributed by atoms with E-state index in [1.54, 1.807) is 7.11 Å². The molecule has 2 heterocycles. The molecule has 144 valence electrons. The van der Waals surface area contributed by atoms with E-state index in [0.29, 0.717) is 36.2 Å². The van der Waals surface area contributed by atoms with Gasteiger partial charge in [-0.15, -0.1) is 0 Å². The fourth-order valence-electron chi connectivity index (χ4n) is 3.35. The Morgan fingerprint density at radius 2 is 2.07 bits per heavy atom. The Hall–Kier alpha value is -2.86. The summed E-state index contributed by atoms with van der Waals surface area (Å²) in [6.45, 7) is 1.25. The molecule has 2 aromatic carbocycles. The molecular formula is C21H20ClN3O3. The van der Waals surface area contributed by atoms with Crippen molar-refractivity contribution in [2.75, 3.05) is 20.2 Å². The SMILES string of the molecule is COc1cccc(-c2noc(C3CC(=O)N(CCc4ccc(Cl)cc4)C3)n2)c1. The van der Waals surface area contributed by atoms with Crippen LogP contribution in [0, 0.1) is 0 Å². The van der Waals surface area contributed by atoms with Gasteiger partial charge in [0.25, 0.3) is 0 Å². The van der Waals surface area contributed by atoms with Gasteiger partial charge in [0.15, 0.2) is 0 Å². The van der Waals surface area contributed by atoms with Crippen molar-refractivity contribution in [2.45, 2.75) is 18.8 Å². The molecule has 1 atom stereocenters. The summed E-state index contributed by atoms with van der Waals surface area (Å²) in [7, 11) is 1.61. The van der Waals surface area contributed by atoms with Gasteiger partial charge >= 0.3 is 0 Å². The third-order valence-corrected chi connectivity index (χ3v) is 5.17. The summed E-state index contributed by atoms with van der Waals surface area (Å²) >= 11 is 5.92. The molecule has 0 bridgehead atoms. The number of carbonyl (C=O) groups excluding carboxylic acids is 1. The molecule has 28 heavy (non-hydrogen) atoms. The molecular weight excluding hydrogens is 378 g/mol. The number of hydrogen-bond donors (Lipinski definition) is 0. The van der Waals surface area contributed by atoms with Crippen molar-refractivity contribution in [3.8, 4) is 17.1 Å². The lowest BCUT2D eigenvalue weighted by Gasteiger charge is -2.15. The Labute approximate surface area is 168 Å². The van der Waals surface area contributed by atoms with E-state index in [0.717, 1.165) is 23.3 Å². The van der Waals surface area contributed by atoms with E-state index in [9.17, 15) is 4.79 Å². The van der Waals surface area contributed by atoms with Crippen molar-refractivity contribution < 1.29 is 14.1 Å². The first-order valence-electron chi connectivity index (χ1n) is 9.12. The summed E-state index contributed by atoms with van der Waals surface area (Å²) in [6.07, 6.45) is 1.18. The predicted molar refractivity (Wildman–Crippen MR) is 105 cm³/mol. The van der Waals surface area contributed by atoms with E-state index >= 15 is 0 Å². The Balaban J connectivity index is 1.41. The standard InChI is InChI=1S/C21H20ClN3O3/c1-27-18-4-2-3-15(11-18)20-23-21(28-24-20)16-12-19(26)25(13-16)10-9-14-5-7-17(22)8-6-14/h2-8,11,16H,9-10,12-13H2,1H3. The van der Waals surface area contributed by atoms with Crippen LogP contribution < -0.4 is 4.74 Å². The van der Waals surface area contributed by atoms with Gasteiger partial charge in [0, 0.05) is 30.1 Å². The number of rotatable bonds is 6. The molecule has 0 N–H and O–H groups in total. The van der Waals surface area contributed by atoms with Crippen LogP contribution in [0.25, 0.3) is 11.4 Å². The molecule has 1 aliphatic heterocycles. The normalized spacial score (nSPS) is 16.6. The molecule has 1 unspecified atom stereocenters. The number of hydrogen-bond acceptors (Lipinski definition) is 5. The van der Waals surface area contributed by atoms with Gasteiger partial charge in [-0.05, 0) is 36.2 Å². The number of carbonyl (C=O) groups is 1. The van der Waals surface area contributed by atoms with Crippen LogP contribution >= 0.6 is 11.6 Å². The second kappa shape index (κ2) is 8.02. The lowest BCUT2D eigenvalue weighted by atomic mass is 10.1. The highest BCUT2D eigenvalue weighted by Crippen LogP contribution is 2.29. The van der Waals surface area contributed by atoms with Crippen LogP contribution in [0.3, 0.4) is 0 Å². The number of amides is 1. The average molecular weight is 398 g/mol. The van der Waals surface area contributed by atoms with E-state index in [1.807, 2.05) is 53.4 Å². The number of likely N-dealkylation sites (tertiary alicyclic amines) is 1. The number of ether oxygens (including phenoxy) is 1. The lowest BCUT2D eigenvalue weighted by Crippen LogP contribution is -2.27. The summed E-state index contributed by atoms with van der Waals surface area (Å²) in [4.78, 5) is 18.8.